The lowest BCUT2D eigenvalue weighted by molar-refractivity contribution is 0.700. The maximum Gasteiger partial charge on any atom is 0.166 e. The van der Waals surface area contributed by atoms with Crippen molar-refractivity contribution in [1.29, 1.82) is 0 Å². The predicted octanol–water partition coefficient (Wildman–Crippen LogP) is 8.75. The van der Waals surface area contributed by atoms with Crippen molar-refractivity contribution in [1.82, 2.24) is 0 Å². The Morgan fingerprint density at radius 1 is 0.677 bits per heavy atom. The summed E-state index contributed by atoms with van der Waals surface area (Å²) < 4.78 is 29.5. The number of hydrogen-bond acceptors (Lipinski definition) is 0. The van der Waals surface area contributed by atoms with Crippen molar-refractivity contribution in [3.05, 3.63) is 120 Å². The van der Waals surface area contributed by atoms with E-state index in [9.17, 15) is 8.78 Å². The average molecular weight is 415 g/mol. The van der Waals surface area contributed by atoms with E-state index in [0.717, 1.165) is 42.4 Å². The van der Waals surface area contributed by atoms with E-state index in [1.807, 2.05) is 43.3 Å². The molecule has 3 aromatic carbocycles. The number of aryl methyl sites for hydroxylation is 2. The third kappa shape index (κ3) is 6.11. The molecule has 0 saturated carbocycles. The molecule has 158 valence electrons. The highest BCUT2D eigenvalue weighted by atomic mass is 19.2. The van der Waals surface area contributed by atoms with Crippen molar-refractivity contribution in [2.75, 3.05) is 0 Å². The lowest BCUT2D eigenvalue weighted by Crippen LogP contribution is -1.88. The van der Waals surface area contributed by atoms with Crippen LogP contribution in [0.4, 0.5) is 8.78 Å². The molecule has 0 atom stereocenters. The highest BCUT2D eigenvalue weighted by Crippen LogP contribution is 2.30. The molecular formula is C29H28F2. The van der Waals surface area contributed by atoms with E-state index in [1.165, 1.54) is 5.56 Å². The first-order chi connectivity index (χ1) is 15.1. The van der Waals surface area contributed by atoms with Crippen LogP contribution in [0.1, 0.15) is 42.0 Å². The van der Waals surface area contributed by atoms with Crippen molar-refractivity contribution in [3.8, 4) is 11.1 Å². The molecule has 0 spiro atoms. The zero-order chi connectivity index (χ0) is 22.1. The Bertz CT molecular complexity index is 1040. The molecule has 0 aromatic heterocycles. The largest absolute Gasteiger partial charge is 0.203 e. The van der Waals surface area contributed by atoms with Crippen molar-refractivity contribution in [2.45, 2.75) is 32.6 Å². The fourth-order valence-corrected chi connectivity index (χ4v) is 3.43. The molecule has 0 unspecified atom stereocenters. The van der Waals surface area contributed by atoms with Crippen LogP contribution in [-0.2, 0) is 12.8 Å². The Morgan fingerprint density at radius 3 is 1.58 bits per heavy atom. The van der Waals surface area contributed by atoms with Crippen molar-refractivity contribution < 1.29 is 8.78 Å². The van der Waals surface area contributed by atoms with Gasteiger partial charge in [-0.25, -0.2) is 8.78 Å². The molecule has 0 amide bonds. The maximum atomic E-state index is 14.8. The van der Waals surface area contributed by atoms with E-state index in [-0.39, 0.29) is 11.1 Å². The van der Waals surface area contributed by atoms with Gasteiger partial charge in [0.2, 0.25) is 0 Å². The van der Waals surface area contributed by atoms with Crippen LogP contribution in [0.15, 0.2) is 97.6 Å². The van der Waals surface area contributed by atoms with Gasteiger partial charge in [0.15, 0.2) is 11.7 Å². The number of benzene rings is 3. The van der Waals surface area contributed by atoms with Crippen LogP contribution in [-0.4, -0.2) is 0 Å². The summed E-state index contributed by atoms with van der Waals surface area (Å²) in [6, 6.07) is 22.2. The summed E-state index contributed by atoms with van der Waals surface area (Å²) in [7, 11) is 0. The molecule has 3 rings (SSSR count). The molecular weight excluding hydrogens is 386 g/mol. The van der Waals surface area contributed by atoms with Crippen molar-refractivity contribution in [2.24, 2.45) is 0 Å². The highest BCUT2D eigenvalue weighted by molar-refractivity contribution is 5.83. The van der Waals surface area contributed by atoms with Gasteiger partial charge in [-0.05, 0) is 54.9 Å². The maximum absolute atomic E-state index is 14.8. The van der Waals surface area contributed by atoms with E-state index < -0.39 is 11.7 Å². The van der Waals surface area contributed by atoms with Gasteiger partial charge < -0.3 is 0 Å². The van der Waals surface area contributed by atoms with Crippen LogP contribution in [0.2, 0.25) is 0 Å². The molecule has 0 aliphatic carbocycles. The van der Waals surface area contributed by atoms with Gasteiger partial charge in [0.1, 0.15) is 0 Å². The lowest BCUT2D eigenvalue weighted by atomic mass is 10.00. The van der Waals surface area contributed by atoms with E-state index in [4.69, 9.17) is 0 Å². The minimum absolute atomic E-state index is 0.237. The zero-order valence-corrected chi connectivity index (χ0v) is 18.0. The lowest BCUT2D eigenvalue weighted by Gasteiger charge is -2.07. The van der Waals surface area contributed by atoms with Gasteiger partial charge in [-0.1, -0.05) is 91.0 Å². The van der Waals surface area contributed by atoms with Crippen LogP contribution in [0.5, 0.6) is 0 Å². The standard InChI is InChI=1S/C29H28F2/c1-3-5-7-9-23-12-16-26(17-13-23)28(30)29(31)27-20-18-25(19-21-27)24-14-10-22(11-15-24)8-6-4-2/h3-5,10-21H,2,6-9H2,1H3/b5-3+,29-28+. The van der Waals surface area contributed by atoms with E-state index in [2.05, 4.69) is 36.9 Å². The quantitative estimate of drug-likeness (QED) is 0.242. The monoisotopic (exact) mass is 414 g/mol. The van der Waals surface area contributed by atoms with Gasteiger partial charge in [-0.15, -0.1) is 6.58 Å². The fraction of sp³-hybridized carbons (Fsp3) is 0.172. The predicted molar refractivity (Wildman–Crippen MR) is 129 cm³/mol. The van der Waals surface area contributed by atoms with Gasteiger partial charge >= 0.3 is 0 Å². The summed E-state index contributed by atoms with van der Waals surface area (Å²) in [6.45, 7) is 5.74. The Morgan fingerprint density at radius 2 is 1.10 bits per heavy atom. The SMILES string of the molecule is C=CCCc1ccc(-c2ccc(/C(F)=C(\F)c3ccc(CC/C=C/C)cc3)cc2)cc1. The number of allylic oxidation sites excluding steroid dienone is 3. The Kier molecular flexibility index (Phi) is 8.12. The third-order valence-corrected chi connectivity index (χ3v) is 5.30. The molecule has 0 heterocycles. The molecule has 0 aliphatic heterocycles. The summed E-state index contributed by atoms with van der Waals surface area (Å²) in [6.07, 6.45) is 9.75. The van der Waals surface area contributed by atoms with Crippen LogP contribution < -0.4 is 0 Å². The zero-order valence-electron chi connectivity index (χ0n) is 18.0. The van der Waals surface area contributed by atoms with Gasteiger partial charge in [0.05, 0.1) is 0 Å². The number of rotatable bonds is 9. The summed E-state index contributed by atoms with van der Waals surface area (Å²) in [4.78, 5) is 0. The van der Waals surface area contributed by atoms with E-state index >= 15 is 0 Å². The Labute approximate surface area is 184 Å². The number of halogens is 2. The first-order valence-corrected chi connectivity index (χ1v) is 10.7. The molecule has 0 radical (unpaired) electrons. The molecule has 0 nitrogen and oxygen atoms in total. The average Bonchev–Trinajstić information content (AvgIpc) is 2.83. The molecule has 2 heteroatoms. The fourth-order valence-electron chi connectivity index (χ4n) is 3.43. The van der Waals surface area contributed by atoms with E-state index in [1.54, 1.807) is 24.3 Å². The van der Waals surface area contributed by atoms with Gasteiger partial charge in [0, 0.05) is 11.1 Å². The van der Waals surface area contributed by atoms with Gasteiger partial charge in [0.25, 0.3) is 0 Å². The second kappa shape index (κ2) is 11.2. The first-order valence-electron chi connectivity index (χ1n) is 10.7. The normalized spacial score (nSPS) is 12.1. The minimum atomic E-state index is -0.840. The second-order valence-electron chi connectivity index (χ2n) is 7.53. The Hall–Kier alpha value is -3.26. The summed E-state index contributed by atoms with van der Waals surface area (Å²) >= 11 is 0. The summed E-state index contributed by atoms with van der Waals surface area (Å²) in [5, 5.41) is 0. The smallest absolute Gasteiger partial charge is 0.166 e. The van der Waals surface area contributed by atoms with Gasteiger partial charge in [-0.2, -0.15) is 0 Å². The highest BCUT2D eigenvalue weighted by Gasteiger charge is 2.12. The topological polar surface area (TPSA) is 0 Å². The summed E-state index contributed by atoms with van der Waals surface area (Å²) in [5.74, 6) is -1.67. The molecule has 3 aromatic rings. The van der Waals surface area contributed by atoms with Crippen LogP contribution in [0.3, 0.4) is 0 Å². The van der Waals surface area contributed by atoms with Crippen molar-refractivity contribution in [3.63, 3.8) is 0 Å². The van der Waals surface area contributed by atoms with Gasteiger partial charge in [-0.3, -0.25) is 0 Å². The molecule has 0 saturated heterocycles. The van der Waals surface area contributed by atoms with E-state index in [0.29, 0.717) is 0 Å². The summed E-state index contributed by atoms with van der Waals surface area (Å²) in [5.41, 5.74) is 4.87. The molecule has 31 heavy (non-hydrogen) atoms. The van der Waals surface area contributed by atoms with Crippen LogP contribution in [0, 0.1) is 0 Å². The minimum Gasteiger partial charge on any atom is -0.203 e. The molecule has 0 fully saturated rings. The first kappa shape index (κ1) is 22.4. The molecule has 0 N–H and O–H groups in total. The Balaban J connectivity index is 1.73. The second-order valence-corrected chi connectivity index (χ2v) is 7.53. The molecule has 0 aliphatic rings. The third-order valence-electron chi connectivity index (χ3n) is 5.30. The van der Waals surface area contributed by atoms with Crippen LogP contribution in [0.25, 0.3) is 22.8 Å². The van der Waals surface area contributed by atoms with Crippen molar-refractivity contribution >= 4 is 11.7 Å². The van der Waals surface area contributed by atoms with Crippen LogP contribution >= 0.6 is 0 Å². The molecule has 0 bridgehead atoms. The number of hydrogen-bond donors (Lipinski definition) is 0.